The van der Waals surface area contributed by atoms with Crippen molar-refractivity contribution < 1.29 is 9.63 Å². The van der Waals surface area contributed by atoms with Crippen LogP contribution in [0.3, 0.4) is 0 Å². The van der Waals surface area contributed by atoms with E-state index in [0.29, 0.717) is 38.0 Å². The summed E-state index contributed by atoms with van der Waals surface area (Å²) < 4.78 is 0. The highest BCUT2D eigenvalue weighted by Gasteiger charge is 2.19. The van der Waals surface area contributed by atoms with E-state index in [-0.39, 0.29) is 6.54 Å². The van der Waals surface area contributed by atoms with Crippen LogP contribution >= 0.6 is 34.8 Å². The molecule has 0 bridgehead atoms. The quantitative estimate of drug-likeness (QED) is 0.430. The number of hydrogen-bond donors (Lipinski definition) is 2. The topological polar surface area (TPSA) is 75.1 Å². The second-order valence-corrected chi connectivity index (χ2v) is 7.77. The maximum absolute atomic E-state index is 12.1. The summed E-state index contributed by atoms with van der Waals surface area (Å²) in [7, 11) is 0. The van der Waals surface area contributed by atoms with Gasteiger partial charge < -0.3 is 4.84 Å². The normalized spacial score (nSPS) is 12.7. The first kappa shape index (κ1) is 21.2. The Morgan fingerprint density at radius 1 is 0.903 bits per heavy atom. The summed E-state index contributed by atoms with van der Waals surface area (Å²) in [5.41, 5.74) is 5.86. The number of anilines is 1. The van der Waals surface area contributed by atoms with Crippen molar-refractivity contribution in [3.05, 3.63) is 92.9 Å². The molecule has 6 nitrogen and oxygen atoms in total. The highest BCUT2D eigenvalue weighted by Crippen LogP contribution is 2.30. The van der Waals surface area contributed by atoms with Crippen molar-refractivity contribution in [3.63, 3.8) is 0 Å². The van der Waals surface area contributed by atoms with Gasteiger partial charge in [0.15, 0.2) is 5.84 Å². The maximum Gasteiger partial charge on any atom is 0.435 e. The van der Waals surface area contributed by atoms with Gasteiger partial charge in [0, 0.05) is 31.9 Å². The molecule has 0 fully saturated rings. The molecule has 3 aromatic rings. The number of carbonyl (C=O) groups is 1. The number of nitrogens with one attached hydrogen (secondary N) is 2. The first-order chi connectivity index (χ1) is 15.0. The van der Waals surface area contributed by atoms with Crippen LogP contribution in [0.4, 0.5) is 16.2 Å². The van der Waals surface area contributed by atoms with E-state index in [4.69, 9.17) is 39.6 Å². The number of rotatable bonds is 2. The lowest BCUT2D eigenvalue weighted by Gasteiger charge is -2.10. The Kier molecular flexibility index (Phi) is 6.42. The van der Waals surface area contributed by atoms with Gasteiger partial charge in [-0.1, -0.05) is 53.0 Å². The molecule has 0 unspecified atom stereocenters. The van der Waals surface area contributed by atoms with Crippen molar-refractivity contribution in [2.75, 3.05) is 11.9 Å². The molecule has 0 aliphatic carbocycles. The van der Waals surface area contributed by atoms with Crippen LogP contribution in [0.25, 0.3) is 0 Å². The van der Waals surface area contributed by atoms with Crippen molar-refractivity contribution >= 4 is 63.8 Å². The molecule has 0 radical (unpaired) electrons. The molecule has 3 aromatic carbocycles. The Balaban J connectivity index is 1.55. The van der Waals surface area contributed by atoms with E-state index < -0.39 is 6.09 Å². The number of hydroxylamine groups is 1. The molecule has 0 saturated heterocycles. The summed E-state index contributed by atoms with van der Waals surface area (Å²) in [6, 6.07) is 19.3. The second-order valence-electron chi connectivity index (χ2n) is 6.49. The standard InChI is InChI=1S/C22H15Cl3N4O2/c23-13-5-8-15(9-6-13)27-22(30)31-29-20-12-26-21(16-3-1-2-4-18(16)25)17-11-14(24)7-10-19(17)28-20/h1-11H,12H2,(H,27,30)(H,28,29). The number of nitrogens with zero attached hydrogens (tertiary/aromatic N) is 2. The summed E-state index contributed by atoms with van der Waals surface area (Å²) in [6.45, 7) is 0.140. The van der Waals surface area contributed by atoms with Gasteiger partial charge in [0.2, 0.25) is 0 Å². The average molecular weight is 474 g/mol. The van der Waals surface area contributed by atoms with Crippen molar-refractivity contribution in [2.45, 2.75) is 0 Å². The third-order valence-electron chi connectivity index (χ3n) is 4.34. The fourth-order valence-electron chi connectivity index (χ4n) is 2.94. The smallest absolute Gasteiger partial charge is 0.323 e. The largest absolute Gasteiger partial charge is 0.435 e. The van der Waals surface area contributed by atoms with Crippen LogP contribution < -0.4 is 10.8 Å². The SMILES string of the molecule is O=C(Nc1ccc(Cl)cc1)ONC1=Nc2ccc(Cl)cc2C(c2ccccc2Cl)=NC1. The lowest BCUT2D eigenvalue weighted by molar-refractivity contribution is 0.134. The first-order valence-corrected chi connectivity index (χ1v) is 10.3. The number of amides is 1. The summed E-state index contributed by atoms with van der Waals surface area (Å²) in [4.78, 5) is 26.4. The highest BCUT2D eigenvalue weighted by molar-refractivity contribution is 6.36. The van der Waals surface area contributed by atoms with Crippen LogP contribution in [0.5, 0.6) is 0 Å². The molecular weight excluding hydrogens is 459 g/mol. The highest BCUT2D eigenvalue weighted by atomic mass is 35.5. The molecule has 0 aromatic heterocycles. The van der Waals surface area contributed by atoms with E-state index in [1.54, 1.807) is 48.5 Å². The van der Waals surface area contributed by atoms with Crippen LogP contribution in [-0.2, 0) is 4.84 Å². The predicted molar refractivity (Wildman–Crippen MR) is 125 cm³/mol. The van der Waals surface area contributed by atoms with Gasteiger partial charge in [-0.2, -0.15) is 0 Å². The summed E-state index contributed by atoms with van der Waals surface area (Å²) in [6.07, 6.45) is -0.707. The minimum absolute atomic E-state index is 0.140. The molecule has 2 N–H and O–H groups in total. The predicted octanol–water partition coefficient (Wildman–Crippen LogP) is 6.28. The van der Waals surface area contributed by atoms with Crippen molar-refractivity contribution in [2.24, 2.45) is 9.98 Å². The first-order valence-electron chi connectivity index (χ1n) is 9.16. The van der Waals surface area contributed by atoms with Crippen LogP contribution in [-0.4, -0.2) is 24.2 Å². The number of hydrogen-bond acceptors (Lipinski definition) is 5. The second kappa shape index (κ2) is 9.39. The molecule has 0 atom stereocenters. The molecule has 156 valence electrons. The number of benzene rings is 3. The van der Waals surface area contributed by atoms with Crippen LogP contribution in [0, 0.1) is 0 Å². The van der Waals surface area contributed by atoms with Gasteiger partial charge in [-0.05, 0) is 48.5 Å². The molecule has 9 heteroatoms. The number of halogens is 3. The third kappa shape index (κ3) is 5.17. The molecule has 0 spiro atoms. The Morgan fingerprint density at radius 3 is 2.42 bits per heavy atom. The molecule has 1 heterocycles. The van der Waals surface area contributed by atoms with Gasteiger partial charge in [0.25, 0.3) is 0 Å². The third-order valence-corrected chi connectivity index (χ3v) is 5.15. The van der Waals surface area contributed by atoms with Gasteiger partial charge in [-0.3, -0.25) is 10.3 Å². The molecule has 1 amide bonds. The summed E-state index contributed by atoms with van der Waals surface area (Å²) in [5, 5.41) is 4.25. The zero-order valence-corrected chi connectivity index (χ0v) is 18.2. The zero-order valence-electron chi connectivity index (χ0n) is 15.9. The summed E-state index contributed by atoms with van der Waals surface area (Å²) in [5.74, 6) is 0.344. The van der Waals surface area contributed by atoms with Crippen molar-refractivity contribution in [1.82, 2.24) is 5.48 Å². The monoisotopic (exact) mass is 472 g/mol. The molecule has 1 aliphatic heterocycles. The van der Waals surface area contributed by atoms with Crippen LogP contribution in [0.15, 0.2) is 76.7 Å². The van der Waals surface area contributed by atoms with Gasteiger partial charge in [-0.25, -0.2) is 15.3 Å². The molecule has 0 saturated carbocycles. The number of carbonyl (C=O) groups excluding carboxylic acids is 1. The number of aliphatic imine (C=N–C) groups is 2. The van der Waals surface area contributed by atoms with Crippen LogP contribution in [0.2, 0.25) is 15.1 Å². The average Bonchev–Trinajstić information content (AvgIpc) is 2.93. The van der Waals surface area contributed by atoms with Gasteiger partial charge in [0.05, 0.1) is 11.4 Å². The number of amidine groups is 1. The fraction of sp³-hybridized carbons (Fsp3) is 0.0455. The number of fused-ring (bicyclic) bond motifs is 1. The molecule has 4 rings (SSSR count). The Hall–Kier alpha value is -3.06. The zero-order chi connectivity index (χ0) is 21.8. The van der Waals surface area contributed by atoms with Crippen molar-refractivity contribution in [3.8, 4) is 0 Å². The lowest BCUT2D eigenvalue weighted by atomic mass is 10.0. The van der Waals surface area contributed by atoms with E-state index in [1.165, 1.54) is 0 Å². The van der Waals surface area contributed by atoms with E-state index in [0.717, 1.165) is 11.1 Å². The fourth-order valence-corrected chi connectivity index (χ4v) is 3.46. The Morgan fingerprint density at radius 2 is 1.65 bits per heavy atom. The van der Waals surface area contributed by atoms with Gasteiger partial charge >= 0.3 is 6.09 Å². The molecular formula is C22H15Cl3N4O2. The Labute approximate surface area is 193 Å². The van der Waals surface area contributed by atoms with E-state index in [1.807, 2.05) is 18.2 Å². The maximum atomic E-state index is 12.1. The van der Waals surface area contributed by atoms with Gasteiger partial charge in [0.1, 0.15) is 6.54 Å². The lowest BCUT2D eigenvalue weighted by Crippen LogP contribution is -2.31. The Bertz CT molecular complexity index is 1190. The van der Waals surface area contributed by atoms with Gasteiger partial charge in [-0.15, -0.1) is 0 Å². The molecule has 31 heavy (non-hydrogen) atoms. The van der Waals surface area contributed by atoms with E-state index in [9.17, 15) is 4.79 Å². The van der Waals surface area contributed by atoms with Crippen LogP contribution in [0.1, 0.15) is 11.1 Å². The van der Waals surface area contributed by atoms with E-state index in [2.05, 4.69) is 20.8 Å². The minimum Gasteiger partial charge on any atom is -0.323 e. The summed E-state index contributed by atoms with van der Waals surface area (Å²) >= 11 is 18.4. The van der Waals surface area contributed by atoms with E-state index >= 15 is 0 Å². The minimum atomic E-state index is -0.707. The van der Waals surface area contributed by atoms with Crippen molar-refractivity contribution in [1.29, 1.82) is 0 Å². The molecule has 1 aliphatic rings.